The summed E-state index contributed by atoms with van der Waals surface area (Å²) < 4.78 is 20.2. The van der Waals surface area contributed by atoms with Gasteiger partial charge < -0.3 is 10.1 Å². The number of hydrogen-bond acceptors (Lipinski definition) is 4. The number of nitrogens with one attached hydrogen (secondary N) is 1. The van der Waals surface area contributed by atoms with Crippen LogP contribution < -0.4 is 10.1 Å². The lowest BCUT2D eigenvalue weighted by Crippen LogP contribution is -2.16. The summed E-state index contributed by atoms with van der Waals surface area (Å²) in [6.07, 6.45) is 6.15. The quantitative estimate of drug-likeness (QED) is 0.439. The van der Waals surface area contributed by atoms with Crippen LogP contribution in [0.3, 0.4) is 0 Å². The molecular weight excluding hydrogens is 357 g/mol. The zero-order valence-corrected chi connectivity index (χ0v) is 15.7. The largest absolute Gasteiger partial charge is 0.490 e. The summed E-state index contributed by atoms with van der Waals surface area (Å²) in [6, 6.07) is 10.0. The number of pyridine rings is 2. The molecule has 2 heterocycles. The molecule has 0 saturated heterocycles. The number of anilines is 1. The molecular formula is C22H22FN3O2. The van der Waals surface area contributed by atoms with Crippen molar-refractivity contribution in [3.8, 4) is 5.75 Å². The molecule has 1 aromatic carbocycles. The molecule has 0 spiro atoms. The second-order valence-corrected chi connectivity index (χ2v) is 6.40. The smallest absolute Gasteiger partial charge is 0.274 e. The Morgan fingerprint density at radius 1 is 1.25 bits per heavy atom. The van der Waals surface area contributed by atoms with E-state index in [2.05, 4.69) is 21.9 Å². The SMILES string of the molecule is C=CCCCCOc1cccc(NC(=O)c2nc3cccnc3cc2C)c1F. The third-order valence-electron chi connectivity index (χ3n) is 4.26. The van der Waals surface area contributed by atoms with E-state index in [1.165, 1.54) is 6.07 Å². The fraction of sp³-hybridized carbons (Fsp3) is 0.227. The third kappa shape index (κ3) is 4.52. The predicted molar refractivity (Wildman–Crippen MR) is 108 cm³/mol. The lowest BCUT2D eigenvalue weighted by molar-refractivity contribution is 0.102. The first-order chi connectivity index (χ1) is 13.6. The van der Waals surface area contributed by atoms with Crippen molar-refractivity contribution in [3.05, 3.63) is 72.3 Å². The Morgan fingerprint density at radius 3 is 2.93 bits per heavy atom. The van der Waals surface area contributed by atoms with Crippen LogP contribution in [0, 0.1) is 12.7 Å². The molecule has 0 aliphatic rings. The van der Waals surface area contributed by atoms with E-state index in [0.717, 1.165) is 19.3 Å². The minimum absolute atomic E-state index is 0.0566. The van der Waals surface area contributed by atoms with Crippen molar-refractivity contribution in [2.75, 3.05) is 11.9 Å². The maximum absolute atomic E-state index is 14.7. The number of aryl methyl sites for hydroxylation is 1. The molecule has 3 aromatic rings. The molecule has 3 rings (SSSR count). The number of aromatic nitrogens is 2. The average Bonchev–Trinajstić information content (AvgIpc) is 2.69. The normalized spacial score (nSPS) is 10.6. The molecule has 0 atom stereocenters. The van der Waals surface area contributed by atoms with Gasteiger partial charge in [-0.25, -0.2) is 9.37 Å². The molecule has 1 N–H and O–H groups in total. The molecule has 0 saturated carbocycles. The van der Waals surface area contributed by atoms with E-state index in [0.29, 0.717) is 23.2 Å². The summed E-state index contributed by atoms with van der Waals surface area (Å²) in [5.74, 6) is -0.964. The topological polar surface area (TPSA) is 64.1 Å². The number of ether oxygens (including phenoxy) is 1. The number of unbranched alkanes of at least 4 members (excludes halogenated alkanes) is 2. The average molecular weight is 379 g/mol. The summed E-state index contributed by atoms with van der Waals surface area (Å²) in [5, 5.41) is 2.59. The van der Waals surface area contributed by atoms with Crippen LogP contribution in [0.1, 0.15) is 35.3 Å². The van der Waals surface area contributed by atoms with E-state index in [9.17, 15) is 9.18 Å². The van der Waals surface area contributed by atoms with Crippen LogP contribution in [0.5, 0.6) is 5.75 Å². The highest BCUT2D eigenvalue weighted by molar-refractivity contribution is 6.05. The number of nitrogens with zero attached hydrogens (tertiary/aromatic N) is 2. The molecule has 0 radical (unpaired) electrons. The number of rotatable bonds is 8. The summed E-state index contributed by atoms with van der Waals surface area (Å²) in [6.45, 7) is 5.84. The number of carbonyl (C=O) groups excluding carboxylic acids is 1. The highest BCUT2D eigenvalue weighted by Gasteiger charge is 2.16. The van der Waals surface area contributed by atoms with Crippen LogP contribution in [0.25, 0.3) is 11.0 Å². The molecule has 144 valence electrons. The van der Waals surface area contributed by atoms with Gasteiger partial charge in [0.1, 0.15) is 5.69 Å². The zero-order valence-electron chi connectivity index (χ0n) is 15.7. The van der Waals surface area contributed by atoms with Crippen molar-refractivity contribution < 1.29 is 13.9 Å². The summed E-state index contributed by atoms with van der Waals surface area (Å²) >= 11 is 0. The summed E-state index contributed by atoms with van der Waals surface area (Å²) in [5.41, 5.74) is 2.26. The maximum atomic E-state index is 14.7. The molecule has 28 heavy (non-hydrogen) atoms. The van der Waals surface area contributed by atoms with Gasteiger partial charge >= 0.3 is 0 Å². The minimum atomic E-state index is -0.598. The van der Waals surface area contributed by atoms with E-state index >= 15 is 0 Å². The summed E-state index contributed by atoms with van der Waals surface area (Å²) in [7, 11) is 0. The Morgan fingerprint density at radius 2 is 2.11 bits per heavy atom. The van der Waals surface area contributed by atoms with Crippen molar-refractivity contribution in [3.63, 3.8) is 0 Å². The number of amides is 1. The van der Waals surface area contributed by atoms with Crippen LogP contribution in [-0.2, 0) is 0 Å². The van der Waals surface area contributed by atoms with Crippen molar-refractivity contribution in [1.29, 1.82) is 0 Å². The number of benzene rings is 1. The van der Waals surface area contributed by atoms with E-state index < -0.39 is 11.7 Å². The second kappa shape index (κ2) is 9.08. The first kappa shape index (κ1) is 19.5. The Bertz CT molecular complexity index is 1000. The summed E-state index contributed by atoms with van der Waals surface area (Å²) in [4.78, 5) is 21.3. The van der Waals surface area contributed by atoms with Gasteiger partial charge in [0.05, 0.1) is 23.3 Å². The Labute approximate surface area is 163 Å². The Hall–Kier alpha value is -3.28. The van der Waals surface area contributed by atoms with Crippen LogP contribution in [0.2, 0.25) is 0 Å². The van der Waals surface area contributed by atoms with Gasteiger partial charge in [-0.05, 0) is 62.1 Å². The third-order valence-corrected chi connectivity index (χ3v) is 4.26. The molecule has 0 aliphatic heterocycles. The zero-order chi connectivity index (χ0) is 19.9. The van der Waals surface area contributed by atoms with Crippen LogP contribution in [0.4, 0.5) is 10.1 Å². The Kier molecular flexibility index (Phi) is 6.32. The molecule has 2 aromatic heterocycles. The molecule has 0 bridgehead atoms. The lowest BCUT2D eigenvalue weighted by atomic mass is 10.1. The molecule has 6 heteroatoms. The number of halogens is 1. The van der Waals surface area contributed by atoms with Gasteiger partial charge in [0.15, 0.2) is 11.6 Å². The van der Waals surface area contributed by atoms with Gasteiger partial charge in [-0.2, -0.15) is 0 Å². The molecule has 1 amide bonds. The van der Waals surface area contributed by atoms with Gasteiger partial charge in [0.2, 0.25) is 0 Å². The van der Waals surface area contributed by atoms with Crippen molar-refractivity contribution in [2.45, 2.75) is 26.2 Å². The fourth-order valence-corrected chi connectivity index (χ4v) is 2.80. The molecule has 0 aliphatic carbocycles. The first-order valence-electron chi connectivity index (χ1n) is 9.16. The van der Waals surface area contributed by atoms with E-state index in [1.54, 1.807) is 43.5 Å². The van der Waals surface area contributed by atoms with Crippen LogP contribution in [0.15, 0.2) is 55.3 Å². The number of hydrogen-bond donors (Lipinski definition) is 1. The van der Waals surface area contributed by atoms with Crippen LogP contribution in [-0.4, -0.2) is 22.5 Å². The number of carbonyl (C=O) groups is 1. The fourth-order valence-electron chi connectivity index (χ4n) is 2.80. The van der Waals surface area contributed by atoms with Gasteiger partial charge in [-0.15, -0.1) is 6.58 Å². The van der Waals surface area contributed by atoms with Crippen molar-refractivity contribution >= 4 is 22.6 Å². The van der Waals surface area contributed by atoms with Gasteiger partial charge in [0, 0.05) is 6.20 Å². The Balaban J connectivity index is 1.74. The van der Waals surface area contributed by atoms with Crippen molar-refractivity contribution in [1.82, 2.24) is 9.97 Å². The minimum Gasteiger partial charge on any atom is -0.490 e. The standard InChI is InChI=1S/C22H22FN3O2/c1-3-4-5-6-13-28-19-11-7-9-17(20(19)23)26-22(27)21-15(2)14-18-16(25-21)10-8-12-24-18/h3,7-12,14H,1,4-6,13H2,2H3,(H,26,27). The highest BCUT2D eigenvalue weighted by atomic mass is 19.1. The first-order valence-corrected chi connectivity index (χ1v) is 9.16. The van der Waals surface area contributed by atoms with Gasteiger partial charge in [-0.1, -0.05) is 12.1 Å². The van der Waals surface area contributed by atoms with Gasteiger partial charge in [0.25, 0.3) is 5.91 Å². The maximum Gasteiger partial charge on any atom is 0.274 e. The lowest BCUT2D eigenvalue weighted by Gasteiger charge is -2.12. The predicted octanol–water partition coefficient (Wildman–Crippen LogP) is 5.06. The molecule has 0 unspecified atom stereocenters. The van der Waals surface area contributed by atoms with E-state index in [1.807, 2.05) is 6.08 Å². The van der Waals surface area contributed by atoms with Crippen LogP contribution >= 0.6 is 0 Å². The second-order valence-electron chi connectivity index (χ2n) is 6.40. The van der Waals surface area contributed by atoms with E-state index in [4.69, 9.17) is 4.74 Å². The van der Waals surface area contributed by atoms with Gasteiger partial charge in [-0.3, -0.25) is 9.78 Å². The number of allylic oxidation sites excluding steroid dienone is 1. The number of fused-ring (bicyclic) bond motifs is 1. The van der Waals surface area contributed by atoms with E-state index in [-0.39, 0.29) is 17.1 Å². The highest BCUT2D eigenvalue weighted by Crippen LogP contribution is 2.25. The van der Waals surface area contributed by atoms with Crippen molar-refractivity contribution in [2.24, 2.45) is 0 Å². The molecule has 0 fully saturated rings. The monoisotopic (exact) mass is 379 g/mol. The molecule has 5 nitrogen and oxygen atoms in total.